The van der Waals surface area contributed by atoms with Gasteiger partial charge in [0, 0.05) is 11.7 Å². The Hall–Kier alpha value is -2.54. The molecule has 1 amide bonds. The van der Waals surface area contributed by atoms with Crippen LogP contribution in [0.1, 0.15) is 20.9 Å². The molecule has 0 saturated carbocycles. The Morgan fingerprint density at radius 1 is 1.25 bits per heavy atom. The lowest BCUT2D eigenvalue weighted by Gasteiger charge is -2.06. The molecule has 0 aliphatic rings. The predicted molar refractivity (Wildman–Crippen MR) is 95.6 cm³/mol. The van der Waals surface area contributed by atoms with Crippen molar-refractivity contribution in [2.45, 2.75) is 13.8 Å². The number of nitrogens with zero attached hydrogens (tertiary/aromatic N) is 2. The van der Waals surface area contributed by atoms with E-state index < -0.39 is 0 Å². The quantitative estimate of drug-likeness (QED) is 0.786. The largest absolute Gasteiger partial charge is 0.497 e. The number of hydrogen-bond donors (Lipinski definition) is 1. The molecule has 0 fully saturated rings. The number of carbonyl (C=O) groups excluding carboxylic acids is 1. The second kappa shape index (κ2) is 6.16. The number of benzene rings is 1. The van der Waals surface area contributed by atoms with Crippen molar-refractivity contribution in [3.63, 3.8) is 0 Å². The molecule has 2 aromatic heterocycles. The predicted octanol–water partition coefficient (Wildman–Crippen LogP) is 3.52. The normalized spacial score (nSPS) is 10.9. The van der Waals surface area contributed by atoms with E-state index >= 15 is 0 Å². The summed E-state index contributed by atoms with van der Waals surface area (Å²) in [5.74, 6) is 1.14. The molecule has 7 heteroatoms. The molecule has 0 aliphatic carbocycles. The average molecular weight is 345 g/mol. The third-order valence-electron chi connectivity index (χ3n) is 3.95. The highest BCUT2D eigenvalue weighted by Gasteiger charge is 2.21. The van der Waals surface area contributed by atoms with E-state index in [0.29, 0.717) is 22.1 Å². The Labute approximate surface area is 144 Å². The number of fused-ring (bicyclic) bond motifs is 1. The molecule has 0 spiro atoms. The van der Waals surface area contributed by atoms with Gasteiger partial charge in [-0.05, 0) is 43.0 Å². The maximum absolute atomic E-state index is 12.8. The van der Waals surface area contributed by atoms with E-state index in [-0.39, 0.29) is 5.91 Å². The third kappa shape index (κ3) is 2.60. The highest BCUT2D eigenvalue weighted by atomic mass is 32.1. The minimum atomic E-state index is -0.165. The van der Waals surface area contributed by atoms with Gasteiger partial charge in [-0.3, -0.25) is 4.79 Å². The van der Waals surface area contributed by atoms with Crippen molar-refractivity contribution in [1.82, 2.24) is 9.78 Å². The summed E-state index contributed by atoms with van der Waals surface area (Å²) in [4.78, 5) is 13.4. The number of hydrogen-bond acceptors (Lipinski definition) is 5. The van der Waals surface area contributed by atoms with Gasteiger partial charge in [-0.15, -0.1) is 11.3 Å². The topological polar surface area (TPSA) is 65.4 Å². The van der Waals surface area contributed by atoms with Crippen molar-refractivity contribution < 1.29 is 14.3 Å². The summed E-state index contributed by atoms with van der Waals surface area (Å²) in [6.07, 6.45) is 0. The number of nitrogens with one attached hydrogen (secondary N) is 1. The number of rotatable bonds is 4. The van der Waals surface area contributed by atoms with Gasteiger partial charge in [-0.1, -0.05) is 0 Å². The fourth-order valence-electron chi connectivity index (χ4n) is 2.73. The van der Waals surface area contributed by atoms with Gasteiger partial charge in [-0.2, -0.15) is 5.10 Å². The van der Waals surface area contributed by atoms with Crippen LogP contribution < -0.4 is 14.8 Å². The Morgan fingerprint density at radius 3 is 2.67 bits per heavy atom. The van der Waals surface area contributed by atoms with Crippen LogP contribution in [0, 0.1) is 13.8 Å². The van der Waals surface area contributed by atoms with Gasteiger partial charge in [0.15, 0.2) is 0 Å². The molecule has 0 radical (unpaired) electrons. The lowest BCUT2D eigenvalue weighted by molar-refractivity contribution is 0.102. The summed E-state index contributed by atoms with van der Waals surface area (Å²) < 4.78 is 13.2. The van der Waals surface area contributed by atoms with Crippen molar-refractivity contribution in [3.05, 3.63) is 34.3 Å². The Morgan fingerprint density at radius 2 is 2.00 bits per heavy atom. The highest BCUT2D eigenvalue weighted by Crippen LogP contribution is 2.35. The van der Waals surface area contributed by atoms with Gasteiger partial charge in [0.2, 0.25) is 5.88 Å². The van der Waals surface area contributed by atoms with Gasteiger partial charge < -0.3 is 14.8 Å². The van der Waals surface area contributed by atoms with Crippen molar-refractivity contribution in [3.8, 4) is 11.6 Å². The number of amides is 1. The number of carbonyl (C=O) groups is 1. The van der Waals surface area contributed by atoms with Crippen molar-refractivity contribution in [1.29, 1.82) is 0 Å². The molecule has 0 saturated heterocycles. The molecule has 126 valence electrons. The van der Waals surface area contributed by atoms with Crippen LogP contribution in [0.15, 0.2) is 18.2 Å². The highest BCUT2D eigenvalue weighted by molar-refractivity contribution is 7.21. The Bertz CT molecular complexity index is 927. The number of aromatic nitrogens is 2. The van der Waals surface area contributed by atoms with Gasteiger partial charge >= 0.3 is 0 Å². The summed E-state index contributed by atoms with van der Waals surface area (Å²) in [5.41, 5.74) is 2.24. The summed E-state index contributed by atoms with van der Waals surface area (Å²) in [7, 11) is 4.97. The number of ether oxygens (including phenoxy) is 2. The van der Waals surface area contributed by atoms with Crippen LogP contribution in [0.25, 0.3) is 10.1 Å². The van der Waals surface area contributed by atoms with E-state index in [4.69, 9.17) is 9.47 Å². The second-order valence-corrected chi connectivity index (χ2v) is 6.52. The first-order valence-electron chi connectivity index (χ1n) is 7.42. The standard InChI is InChI=1S/C17H19N3O3S/c1-9-12-8-11(22-4)6-7-13(12)24-15(9)16(21)18-14-10(2)19-20(3)17(14)23-5/h6-8H,1-5H3,(H,18,21). The van der Waals surface area contributed by atoms with Gasteiger partial charge in [0.1, 0.15) is 11.4 Å². The molecule has 3 rings (SSSR count). The second-order valence-electron chi connectivity index (χ2n) is 5.47. The SMILES string of the molecule is COc1ccc2sc(C(=O)Nc3c(C)nn(C)c3OC)c(C)c2c1. The van der Waals surface area contributed by atoms with E-state index in [1.807, 2.05) is 32.0 Å². The van der Waals surface area contributed by atoms with E-state index in [1.54, 1.807) is 25.9 Å². The molecular formula is C17H19N3O3S. The number of methoxy groups -OCH3 is 2. The van der Waals surface area contributed by atoms with Gasteiger partial charge in [-0.25, -0.2) is 4.68 Å². The molecule has 0 aliphatic heterocycles. The van der Waals surface area contributed by atoms with Gasteiger partial charge in [0.25, 0.3) is 5.91 Å². The Balaban J connectivity index is 1.99. The number of anilines is 1. The van der Waals surface area contributed by atoms with Crippen molar-refractivity contribution in [2.75, 3.05) is 19.5 Å². The summed E-state index contributed by atoms with van der Waals surface area (Å²) in [5, 5.41) is 8.24. The van der Waals surface area contributed by atoms with Crippen LogP contribution in [-0.2, 0) is 7.05 Å². The van der Waals surface area contributed by atoms with E-state index in [0.717, 1.165) is 21.4 Å². The monoisotopic (exact) mass is 345 g/mol. The number of thiophene rings is 1. The smallest absolute Gasteiger partial charge is 0.266 e. The molecule has 2 heterocycles. The molecule has 6 nitrogen and oxygen atoms in total. The molecule has 24 heavy (non-hydrogen) atoms. The molecule has 1 aromatic carbocycles. The fraction of sp³-hybridized carbons (Fsp3) is 0.294. The van der Waals surface area contributed by atoms with E-state index in [2.05, 4.69) is 10.4 Å². The van der Waals surface area contributed by atoms with Crippen molar-refractivity contribution >= 4 is 33.0 Å². The zero-order chi connectivity index (χ0) is 17.4. The molecule has 1 N–H and O–H groups in total. The van der Waals surface area contributed by atoms with Crippen LogP contribution in [0.4, 0.5) is 5.69 Å². The van der Waals surface area contributed by atoms with Crippen LogP contribution >= 0.6 is 11.3 Å². The summed E-state index contributed by atoms with van der Waals surface area (Å²) in [6, 6.07) is 5.82. The first-order valence-corrected chi connectivity index (χ1v) is 8.24. The van der Waals surface area contributed by atoms with Crippen LogP contribution in [-0.4, -0.2) is 29.9 Å². The maximum Gasteiger partial charge on any atom is 0.266 e. The molecular weight excluding hydrogens is 326 g/mol. The summed E-state index contributed by atoms with van der Waals surface area (Å²) >= 11 is 1.46. The minimum Gasteiger partial charge on any atom is -0.497 e. The van der Waals surface area contributed by atoms with Crippen LogP contribution in [0.3, 0.4) is 0 Å². The zero-order valence-electron chi connectivity index (χ0n) is 14.3. The molecule has 0 unspecified atom stereocenters. The minimum absolute atomic E-state index is 0.165. The lowest BCUT2D eigenvalue weighted by atomic mass is 10.1. The van der Waals surface area contributed by atoms with Crippen LogP contribution in [0.2, 0.25) is 0 Å². The first kappa shape index (κ1) is 16.3. The van der Waals surface area contributed by atoms with E-state index in [9.17, 15) is 4.79 Å². The summed E-state index contributed by atoms with van der Waals surface area (Å²) in [6.45, 7) is 3.78. The molecule has 0 atom stereocenters. The molecule has 0 bridgehead atoms. The number of aryl methyl sites for hydroxylation is 3. The molecule has 3 aromatic rings. The fourth-order valence-corrected chi connectivity index (χ4v) is 3.81. The van der Waals surface area contributed by atoms with Crippen LogP contribution in [0.5, 0.6) is 11.6 Å². The van der Waals surface area contributed by atoms with E-state index in [1.165, 1.54) is 11.3 Å². The average Bonchev–Trinajstić information content (AvgIpc) is 3.03. The van der Waals surface area contributed by atoms with Crippen molar-refractivity contribution in [2.24, 2.45) is 7.05 Å². The first-order chi connectivity index (χ1) is 11.5. The third-order valence-corrected chi connectivity index (χ3v) is 5.22. The maximum atomic E-state index is 12.8. The zero-order valence-corrected chi connectivity index (χ0v) is 15.1. The Kier molecular flexibility index (Phi) is 4.19. The lowest BCUT2D eigenvalue weighted by Crippen LogP contribution is -2.12. The van der Waals surface area contributed by atoms with Gasteiger partial charge in [0.05, 0.1) is 24.8 Å².